The molecule has 1 atom stereocenters. The Morgan fingerprint density at radius 2 is 2.35 bits per heavy atom. The molecule has 1 amide bonds. The van der Waals surface area contributed by atoms with Crippen LogP contribution in [0.3, 0.4) is 0 Å². The Bertz CT molecular complexity index is 437. The Hall–Kier alpha value is -1.62. The maximum atomic E-state index is 13.8. The van der Waals surface area contributed by atoms with Crippen molar-refractivity contribution in [3.63, 3.8) is 0 Å². The third-order valence-electron chi connectivity index (χ3n) is 3.01. The first-order valence-corrected chi connectivity index (χ1v) is 5.47. The van der Waals surface area contributed by atoms with Crippen LogP contribution in [-0.2, 0) is 11.2 Å². The van der Waals surface area contributed by atoms with Gasteiger partial charge in [-0.25, -0.2) is 9.18 Å². The van der Waals surface area contributed by atoms with Crippen molar-refractivity contribution < 1.29 is 13.9 Å². The predicted molar refractivity (Wildman–Crippen MR) is 62.7 cm³/mol. The summed E-state index contributed by atoms with van der Waals surface area (Å²) in [4.78, 5) is 13.0. The quantitative estimate of drug-likeness (QED) is 0.807. The number of anilines is 1. The highest BCUT2D eigenvalue weighted by Gasteiger charge is 2.30. The van der Waals surface area contributed by atoms with Gasteiger partial charge in [0.2, 0.25) is 0 Å². The highest BCUT2D eigenvalue weighted by atomic mass is 19.1. The molecule has 1 aliphatic rings. The Balaban J connectivity index is 2.44. The zero-order valence-electron chi connectivity index (χ0n) is 9.87. The molecule has 4 nitrogen and oxygen atoms in total. The number of ether oxygens (including phenoxy) is 1. The summed E-state index contributed by atoms with van der Waals surface area (Å²) in [5.41, 5.74) is 1.16. The molecule has 0 bridgehead atoms. The average Bonchev–Trinajstić information content (AvgIpc) is 2.36. The van der Waals surface area contributed by atoms with Crippen molar-refractivity contribution in [1.29, 1.82) is 0 Å². The van der Waals surface area contributed by atoms with Crippen LogP contribution in [0.5, 0.6) is 0 Å². The molecule has 1 aliphatic heterocycles. The van der Waals surface area contributed by atoms with Crippen LogP contribution >= 0.6 is 0 Å². The lowest BCUT2D eigenvalue weighted by Crippen LogP contribution is -2.47. The molecule has 1 aromatic rings. The predicted octanol–water partition coefficient (Wildman–Crippen LogP) is 1.54. The first-order chi connectivity index (χ1) is 8.17. The summed E-state index contributed by atoms with van der Waals surface area (Å²) >= 11 is 0. The van der Waals surface area contributed by atoms with Crippen LogP contribution in [0.2, 0.25) is 0 Å². The van der Waals surface area contributed by atoms with E-state index in [-0.39, 0.29) is 11.9 Å². The summed E-state index contributed by atoms with van der Waals surface area (Å²) in [5.74, 6) is -0.387. The van der Waals surface area contributed by atoms with Gasteiger partial charge in [0.1, 0.15) is 5.82 Å². The van der Waals surface area contributed by atoms with Crippen LogP contribution in [0.4, 0.5) is 14.9 Å². The van der Waals surface area contributed by atoms with Gasteiger partial charge in [-0.3, -0.25) is 4.90 Å². The van der Waals surface area contributed by atoms with Gasteiger partial charge in [0.15, 0.2) is 0 Å². The van der Waals surface area contributed by atoms with Crippen molar-refractivity contribution in [3.8, 4) is 0 Å². The molecule has 5 heteroatoms. The maximum Gasteiger partial charge on any atom is 0.414 e. The summed E-state index contributed by atoms with van der Waals surface area (Å²) in [6, 6.07) is 4.96. The van der Waals surface area contributed by atoms with Crippen molar-refractivity contribution in [2.24, 2.45) is 0 Å². The number of likely N-dealkylation sites (N-methyl/N-ethyl adjacent to an activating group) is 1. The fraction of sp³-hybridized carbons (Fsp3) is 0.417. The zero-order valence-corrected chi connectivity index (χ0v) is 9.87. The van der Waals surface area contributed by atoms with Crippen molar-refractivity contribution in [1.82, 2.24) is 5.32 Å². The molecule has 1 heterocycles. The van der Waals surface area contributed by atoms with Crippen molar-refractivity contribution in [2.45, 2.75) is 12.5 Å². The average molecular weight is 238 g/mol. The second-order valence-electron chi connectivity index (χ2n) is 4.02. The van der Waals surface area contributed by atoms with Crippen LogP contribution in [0, 0.1) is 5.82 Å². The molecular weight excluding hydrogens is 223 g/mol. The van der Waals surface area contributed by atoms with E-state index in [0.717, 1.165) is 5.56 Å². The molecule has 0 saturated carbocycles. The number of fused-ring (bicyclic) bond motifs is 1. The fourth-order valence-electron chi connectivity index (χ4n) is 2.14. The minimum atomic E-state index is -0.531. The van der Waals surface area contributed by atoms with E-state index in [1.807, 2.05) is 13.1 Å². The van der Waals surface area contributed by atoms with Gasteiger partial charge in [-0.05, 0) is 25.1 Å². The van der Waals surface area contributed by atoms with Gasteiger partial charge in [0.05, 0.1) is 12.8 Å². The number of nitrogens with one attached hydrogen (secondary N) is 1. The van der Waals surface area contributed by atoms with Gasteiger partial charge < -0.3 is 10.1 Å². The monoisotopic (exact) mass is 238 g/mol. The smallest absolute Gasteiger partial charge is 0.414 e. The number of methoxy groups -OCH3 is 1. The van der Waals surface area contributed by atoms with Crippen LogP contribution in [-0.4, -0.2) is 32.8 Å². The number of para-hydroxylation sites is 1. The molecule has 1 N–H and O–H groups in total. The second kappa shape index (κ2) is 4.71. The number of rotatable bonds is 1. The van der Waals surface area contributed by atoms with E-state index in [1.54, 1.807) is 6.07 Å². The molecule has 0 radical (unpaired) electrons. The first kappa shape index (κ1) is 11.9. The molecule has 0 aromatic heterocycles. The third-order valence-corrected chi connectivity index (χ3v) is 3.01. The van der Waals surface area contributed by atoms with Gasteiger partial charge in [-0.1, -0.05) is 12.1 Å². The van der Waals surface area contributed by atoms with Gasteiger partial charge >= 0.3 is 6.09 Å². The minimum Gasteiger partial charge on any atom is -0.452 e. The van der Waals surface area contributed by atoms with E-state index in [4.69, 9.17) is 0 Å². The van der Waals surface area contributed by atoms with Crippen molar-refractivity contribution in [3.05, 3.63) is 29.6 Å². The number of amides is 1. The summed E-state index contributed by atoms with van der Waals surface area (Å²) in [6.07, 6.45) is 0.174. The molecular formula is C12H15FN2O2. The van der Waals surface area contributed by atoms with Crippen LogP contribution in [0.25, 0.3) is 0 Å². The maximum absolute atomic E-state index is 13.8. The first-order valence-electron chi connectivity index (χ1n) is 5.47. The normalized spacial score (nSPS) is 18.8. The van der Waals surface area contributed by atoms with Gasteiger partial charge in [-0.15, -0.1) is 0 Å². The summed E-state index contributed by atoms with van der Waals surface area (Å²) in [5, 5.41) is 3.10. The zero-order chi connectivity index (χ0) is 12.4. The largest absolute Gasteiger partial charge is 0.452 e. The number of hydrogen-bond acceptors (Lipinski definition) is 3. The lowest BCUT2D eigenvalue weighted by Gasteiger charge is -2.33. The highest BCUT2D eigenvalue weighted by Crippen LogP contribution is 2.30. The molecule has 1 aromatic carbocycles. The molecule has 0 spiro atoms. The van der Waals surface area contributed by atoms with Crippen LogP contribution < -0.4 is 10.2 Å². The van der Waals surface area contributed by atoms with Gasteiger partial charge in [0, 0.05) is 12.6 Å². The van der Waals surface area contributed by atoms with Crippen molar-refractivity contribution in [2.75, 3.05) is 25.6 Å². The Kier molecular flexibility index (Phi) is 3.28. The van der Waals surface area contributed by atoms with E-state index in [2.05, 4.69) is 10.1 Å². The summed E-state index contributed by atoms with van der Waals surface area (Å²) in [7, 11) is 3.12. The SMILES string of the molecule is CNC1Cc2cccc(F)c2N(C(=O)OC)C1. The number of nitrogens with zero attached hydrogens (tertiary/aromatic N) is 1. The molecule has 0 saturated heterocycles. The van der Waals surface area contributed by atoms with Crippen molar-refractivity contribution >= 4 is 11.8 Å². The Labute approximate surface area is 99.4 Å². The van der Waals surface area contributed by atoms with E-state index in [0.29, 0.717) is 18.7 Å². The van der Waals surface area contributed by atoms with Gasteiger partial charge in [0.25, 0.3) is 0 Å². The minimum absolute atomic E-state index is 0.114. The Morgan fingerprint density at radius 1 is 1.59 bits per heavy atom. The van der Waals surface area contributed by atoms with E-state index < -0.39 is 6.09 Å². The number of halogens is 1. The van der Waals surface area contributed by atoms with Gasteiger partial charge in [-0.2, -0.15) is 0 Å². The highest BCUT2D eigenvalue weighted by molar-refractivity contribution is 5.89. The number of hydrogen-bond donors (Lipinski definition) is 1. The Morgan fingerprint density at radius 3 is 3.00 bits per heavy atom. The van der Waals surface area contributed by atoms with Crippen LogP contribution in [0.15, 0.2) is 18.2 Å². The standard InChI is InChI=1S/C12H15FN2O2/c1-14-9-6-8-4-3-5-10(13)11(8)15(7-9)12(16)17-2/h3-5,9,14H,6-7H2,1-2H3. The van der Waals surface area contributed by atoms with E-state index in [1.165, 1.54) is 18.1 Å². The fourth-order valence-corrected chi connectivity index (χ4v) is 2.14. The lowest BCUT2D eigenvalue weighted by molar-refractivity contribution is 0.177. The number of carbonyl (C=O) groups is 1. The molecule has 1 unspecified atom stereocenters. The molecule has 2 rings (SSSR count). The summed E-state index contributed by atoms with van der Waals surface area (Å²) in [6.45, 7) is 0.414. The number of benzene rings is 1. The molecule has 0 fully saturated rings. The van der Waals surface area contributed by atoms with E-state index in [9.17, 15) is 9.18 Å². The summed E-state index contributed by atoms with van der Waals surface area (Å²) < 4.78 is 18.5. The van der Waals surface area contributed by atoms with Crippen LogP contribution in [0.1, 0.15) is 5.56 Å². The molecule has 0 aliphatic carbocycles. The molecule has 17 heavy (non-hydrogen) atoms. The third kappa shape index (κ3) is 2.10. The number of carbonyl (C=O) groups excluding carboxylic acids is 1. The van der Waals surface area contributed by atoms with E-state index >= 15 is 0 Å². The molecule has 92 valence electrons. The lowest BCUT2D eigenvalue weighted by atomic mass is 9.98. The second-order valence-corrected chi connectivity index (χ2v) is 4.02. The topological polar surface area (TPSA) is 41.6 Å².